The molecular formula is C14H21NO2. The summed E-state index contributed by atoms with van der Waals surface area (Å²) in [7, 11) is 1.69. The maximum atomic E-state index is 5.98. The first kappa shape index (κ1) is 12.4. The molecule has 1 aliphatic rings. The van der Waals surface area contributed by atoms with Crippen molar-refractivity contribution in [3.8, 4) is 5.75 Å². The summed E-state index contributed by atoms with van der Waals surface area (Å²) in [5.41, 5.74) is 6.85. The Kier molecular flexibility index (Phi) is 4.40. The predicted octanol–water partition coefficient (Wildman–Crippen LogP) is 2.34. The van der Waals surface area contributed by atoms with E-state index in [0.717, 1.165) is 24.3 Å². The summed E-state index contributed by atoms with van der Waals surface area (Å²) in [6, 6.07) is 8.00. The molecular weight excluding hydrogens is 214 g/mol. The molecule has 0 aromatic heterocycles. The first-order chi connectivity index (χ1) is 8.35. The Labute approximate surface area is 103 Å². The van der Waals surface area contributed by atoms with Gasteiger partial charge < -0.3 is 15.2 Å². The Morgan fingerprint density at radius 1 is 1.29 bits per heavy atom. The summed E-state index contributed by atoms with van der Waals surface area (Å²) in [6.45, 7) is 1.35. The standard InChI is InChI=1S/C14H21NO2/c1-16-13-7-3-2-5-12(13)10-17-14-8-4-6-11(14)9-15/h2-3,5,7,11,14H,4,6,8-10,15H2,1H3. The minimum Gasteiger partial charge on any atom is -0.496 e. The molecule has 0 spiro atoms. The molecule has 3 heteroatoms. The lowest BCUT2D eigenvalue weighted by molar-refractivity contribution is 0.0174. The van der Waals surface area contributed by atoms with Gasteiger partial charge in [-0.25, -0.2) is 0 Å². The third-order valence-electron chi connectivity index (χ3n) is 3.54. The van der Waals surface area contributed by atoms with E-state index in [4.69, 9.17) is 15.2 Å². The van der Waals surface area contributed by atoms with Crippen molar-refractivity contribution in [2.45, 2.75) is 32.0 Å². The zero-order chi connectivity index (χ0) is 12.1. The van der Waals surface area contributed by atoms with Crippen molar-refractivity contribution < 1.29 is 9.47 Å². The number of ether oxygens (including phenoxy) is 2. The maximum absolute atomic E-state index is 5.98. The maximum Gasteiger partial charge on any atom is 0.124 e. The van der Waals surface area contributed by atoms with Crippen LogP contribution in [0.25, 0.3) is 0 Å². The molecule has 2 rings (SSSR count). The van der Waals surface area contributed by atoms with Crippen molar-refractivity contribution in [3.63, 3.8) is 0 Å². The van der Waals surface area contributed by atoms with Crippen LogP contribution < -0.4 is 10.5 Å². The van der Waals surface area contributed by atoms with E-state index in [1.807, 2.05) is 24.3 Å². The van der Waals surface area contributed by atoms with Crippen molar-refractivity contribution in [2.24, 2.45) is 11.7 Å². The Morgan fingerprint density at radius 3 is 2.88 bits per heavy atom. The highest BCUT2D eigenvalue weighted by Gasteiger charge is 2.26. The molecule has 2 N–H and O–H groups in total. The molecule has 0 amide bonds. The number of benzene rings is 1. The van der Waals surface area contributed by atoms with E-state index in [1.54, 1.807) is 7.11 Å². The Balaban J connectivity index is 1.93. The van der Waals surface area contributed by atoms with Crippen molar-refractivity contribution >= 4 is 0 Å². The van der Waals surface area contributed by atoms with Crippen LogP contribution in [0.15, 0.2) is 24.3 Å². The summed E-state index contributed by atoms with van der Waals surface area (Å²) < 4.78 is 11.3. The first-order valence-electron chi connectivity index (χ1n) is 6.28. The van der Waals surface area contributed by atoms with E-state index >= 15 is 0 Å². The topological polar surface area (TPSA) is 44.5 Å². The molecule has 1 aromatic rings. The molecule has 3 nitrogen and oxygen atoms in total. The van der Waals surface area contributed by atoms with E-state index < -0.39 is 0 Å². The van der Waals surface area contributed by atoms with Crippen LogP contribution >= 0.6 is 0 Å². The van der Waals surface area contributed by atoms with Crippen molar-refractivity contribution in [1.82, 2.24) is 0 Å². The lowest BCUT2D eigenvalue weighted by Crippen LogP contribution is -2.25. The molecule has 1 saturated carbocycles. The van der Waals surface area contributed by atoms with E-state index in [9.17, 15) is 0 Å². The second-order valence-corrected chi connectivity index (χ2v) is 4.59. The van der Waals surface area contributed by atoms with E-state index in [0.29, 0.717) is 18.6 Å². The number of para-hydroxylation sites is 1. The van der Waals surface area contributed by atoms with Crippen LogP contribution in [-0.4, -0.2) is 19.8 Å². The number of hydrogen-bond donors (Lipinski definition) is 1. The van der Waals surface area contributed by atoms with Crippen molar-refractivity contribution in [3.05, 3.63) is 29.8 Å². The van der Waals surface area contributed by atoms with Gasteiger partial charge in [-0.1, -0.05) is 24.6 Å². The van der Waals surface area contributed by atoms with Gasteiger partial charge in [-0.2, -0.15) is 0 Å². The number of methoxy groups -OCH3 is 1. The quantitative estimate of drug-likeness (QED) is 0.852. The lowest BCUT2D eigenvalue weighted by Gasteiger charge is -2.19. The van der Waals surface area contributed by atoms with Crippen LogP contribution in [0.4, 0.5) is 0 Å². The van der Waals surface area contributed by atoms with Gasteiger partial charge in [0.25, 0.3) is 0 Å². The molecule has 0 radical (unpaired) electrons. The minimum absolute atomic E-state index is 0.324. The lowest BCUT2D eigenvalue weighted by atomic mass is 10.1. The number of rotatable bonds is 5. The average Bonchev–Trinajstić information content (AvgIpc) is 2.84. The summed E-state index contributed by atoms with van der Waals surface area (Å²) in [5.74, 6) is 1.43. The fraction of sp³-hybridized carbons (Fsp3) is 0.571. The Morgan fingerprint density at radius 2 is 2.12 bits per heavy atom. The molecule has 0 bridgehead atoms. The zero-order valence-electron chi connectivity index (χ0n) is 10.4. The largest absolute Gasteiger partial charge is 0.496 e. The normalized spacial score (nSPS) is 23.9. The van der Waals surface area contributed by atoms with E-state index in [-0.39, 0.29) is 0 Å². The molecule has 0 saturated heterocycles. The second kappa shape index (κ2) is 6.03. The Hall–Kier alpha value is -1.06. The molecule has 94 valence electrons. The summed E-state index contributed by atoms with van der Waals surface area (Å²) in [4.78, 5) is 0. The van der Waals surface area contributed by atoms with Crippen LogP contribution in [0.5, 0.6) is 5.75 Å². The molecule has 0 aliphatic heterocycles. The number of nitrogens with two attached hydrogens (primary N) is 1. The van der Waals surface area contributed by atoms with Gasteiger partial charge in [-0.15, -0.1) is 0 Å². The van der Waals surface area contributed by atoms with Gasteiger partial charge in [-0.05, 0) is 31.4 Å². The van der Waals surface area contributed by atoms with E-state index in [2.05, 4.69) is 0 Å². The first-order valence-corrected chi connectivity index (χ1v) is 6.28. The van der Waals surface area contributed by atoms with Gasteiger partial charge >= 0.3 is 0 Å². The van der Waals surface area contributed by atoms with Crippen LogP contribution in [0.3, 0.4) is 0 Å². The van der Waals surface area contributed by atoms with E-state index in [1.165, 1.54) is 12.8 Å². The SMILES string of the molecule is COc1ccccc1COC1CCCC1CN. The van der Waals surface area contributed by atoms with Crippen LogP contribution in [-0.2, 0) is 11.3 Å². The minimum atomic E-state index is 0.324. The summed E-state index contributed by atoms with van der Waals surface area (Å²) >= 11 is 0. The monoisotopic (exact) mass is 235 g/mol. The van der Waals surface area contributed by atoms with Gasteiger partial charge in [0.2, 0.25) is 0 Å². The van der Waals surface area contributed by atoms with Crippen LogP contribution in [0.2, 0.25) is 0 Å². The molecule has 1 fully saturated rings. The van der Waals surface area contributed by atoms with Gasteiger partial charge in [0.05, 0.1) is 19.8 Å². The third kappa shape index (κ3) is 2.99. The number of hydrogen-bond acceptors (Lipinski definition) is 3. The fourth-order valence-corrected chi connectivity index (χ4v) is 2.51. The average molecular weight is 235 g/mol. The predicted molar refractivity (Wildman–Crippen MR) is 68.0 cm³/mol. The third-order valence-corrected chi connectivity index (χ3v) is 3.54. The van der Waals surface area contributed by atoms with Gasteiger partial charge in [0, 0.05) is 5.56 Å². The fourth-order valence-electron chi connectivity index (χ4n) is 2.51. The van der Waals surface area contributed by atoms with Gasteiger partial charge in [-0.3, -0.25) is 0 Å². The summed E-state index contributed by atoms with van der Waals surface area (Å²) in [6.07, 6.45) is 3.90. The zero-order valence-corrected chi connectivity index (χ0v) is 10.4. The smallest absolute Gasteiger partial charge is 0.124 e. The van der Waals surface area contributed by atoms with Gasteiger partial charge in [0.1, 0.15) is 5.75 Å². The molecule has 17 heavy (non-hydrogen) atoms. The molecule has 1 aliphatic carbocycles. The highest BCUT2D eigenvalue weighted by molar-refractivity contribution is 5.32. The second-order valence-electron chi connectivity index (χ2n) is 4.59. The van der Waals surface area contributed by atoms with Crippen molar-refractivity contribution in [2.75, 3.05) is 13.7 Å². The van der Waals surface area contributed by atoms with Gasteiger partial charge in [0.15, 0.2) is 0 Å². The molecule has 2 unspecified atom stereocenters. The summed E-state index contributed by atoms with van der Waals surface area (Å²) in [5, 5.41) is 0. The molecule has 2 atom stereocenters. The molecule has 0 heterocycles. The Bertz CT molecular complexity index is 354. The van der Waals surface area contributed by atoms with Crippen LogP contribution in [0, 0.1) is 5.92 Å². The highest BCUT2D eigenvalue weighted by atomic mass is 16.5. The highest BCUT2D eigenvalue weighted by Crippen LogP contribution is 2.29. The van der Waals surface area contributed by atoms with Crippen molar-refractivity contribution in [1.29, 1.82) is 0 Å². The van der Waals surface area contributed by atoms with Crippen LogP contribution in [0.1, 0.15) is 24.8 Å². The molecule has 1 aromatic carbocycles.